The quantitative estimate of drug-likeness (QED) is 0.803. The van der Waals surface area contributed by atoms with Crippen molar-refractivity contribution in [2.75, 3.05) is 19.8 Å². The van der Waals surface area contributed by atoms with Crippen molar-refractivity contribution >= 4 is 5.97 Å². The van der Waals surface area contributed by atoms with E-state index in [0.29, 0.717) is 13.0 Å². The zero-order valence-electron chi connectivity index (χ0n) is 11.4. The fraction of sp³-hybridized carbons (Fsp3) is 0.615. The summed E-state index contributed by atoms with van der Waals surface area (Å²) >= 11 is 0. The van der Waals surface area contributed by atoms with E-state index in [1.807, 2.05) is 0 Å². The number of hydrogen-bond donors (Lipinski definition) is 0. The van der Waals surface area contributed by atoms with E-state index in [0.717, 1.165) is 12.6 Å². The molecule has 0 amide bonds. The van der Waals surface area contributed by atoms with Crippen LogP contribution in [0.5, 0.6) is 0 Å². The van der Waals surface area contributed by atoms with Crippen LogP contribution in [-0.4, -0.2) is 35.8 Å². The summed E-state index contributed by atoms with van der Waals surface area (Å²) in [5.74, 6) is -1.30. The van der Waals surface area contributed by atoms with Gasteiger partial charge in [-0.2, -0.15) is 13.2 Å². The molecule has 116 valence electrons. The molecule has 8 heteroatoms. The van der Waals surface area contributed by atoms with Gasteiger partial charge in [0.15, 0.2) is 5.69 Å². The molecule has 0 radical (unpaired) electrons. The van der Waals surface area contributed by atoms with Crippen LogP contribution >= 0.6 is 0 Å². The third-order valence-corrected chi connectivity index (χ3v) is 3.10. The number of carbonyl (C=O) groups excluding carboxylic acids is 1. The molecular weight excluding hydrogens is 289 g/mol. The first-order chi connectivity index (χ1) is 9.93. The zero-order chi connectivity index (χ0) is 15.5. The van der Waals surface area contributed by atoms with E-state index < -0.39 is 23.4 Å². The van der Waals surface area contributed by atoms with Crippen LogP contribution in [0.1, 0.15) is 47.6 Å². The molecule has 2 heterocycles. The largest absolute Gasteiger partial charge is 0.462 e. The fourth-order valence-corrected chi connectivity index (χ4v) is 2.11. The topological polar surface area (TPSA) is 61.3 Å². The van der Waals surface area contributed by atoms with Gasteiger partial charge in [0.25, 0.3) is 0 Å². The first-order valence-corrected chi connectivity index (χ1v) is 6.62. The van der Waals surface area contributed by atoms with Crippen molar-refractivity contribution in [1.82, 2.24) is 9.97 Å². The monoisotopic (exact) mass is 304 g/mol. The highest BCUT2D eigenvalue weighted by Crippen LogP contribution is 2.32. The summed E-state index contributed by atoms with van der Waals surface area (Å²) in [5, 5.41) is 0. The minimum absolute atomic E-state index is 0.0195. The Hall–Kier alpha value is -1.70. The predicted molar refractivity (Wildman–Crippen MR) is 65.8 cm³/mol. The molecule has 0 aliphatic carbocycles. The SMILES string of the molecule is CCOC(=O)c1cnc(C2CCCOC2)nc1C(F)(F)F. The minimum Gasteiger partial charge on any atom is -0.462 e. The van der Waals surface area contributed by atoms with Gasteiger partial charge in [-0.05, 0) is 19.8 Å². The molecule has 0 saturated carbocycles. The summed E-state index contributed by atoms with van der Waals surface area (Å²) in [6, 6.07) is 0. The average molecular weight is 304 g/mol. The summed E-state index contributed by atoms with van der Waals surface area (Å²) in [4.78, 5) is 19.0. The molecule has 2 rings (SSSR count). The van der Waals surface area contributed by atoms with E-state index >= 15 is 0 Å². The van der Waals surface area contributed by atoms with Crippen LogP contribution in [0.25, 0.3) is 0 Å². The Morgan fingerprint density at radius 1 is 1.52 bits per heavy atom. The molecule has 1 aliphatic heterocycles. The highest BCUT2D eigenvalue weighted by Gasteiger charge is 2.39. The first kappa shape index (κ1) is 15.7. The van der Waals surface area contributed by atoms with Gasteiger partial charge in [-0.25, -0.2) is 14.8 Å². The first-order valence-electron chi connectivity index (χ1n) is 6.62. The molecule has 5 nitrogen and oxygen atoms in total. The Bertz CT molecular complexity index is 514. The van der Waals surface area contributed by atoms with Crippen molar-refractivity contribution < 1.29 is 27.4 Å². The normalized spacial score (nSPS) is 19.3. The van der Waals surface area contributed by atoms with Gasteiger partial charge in [-0.15, -0.1) is 0 Å². The minimum atomic E-state index is -4.74. The van der Waals surface area contributed by atoms with Crippen LogP contribution in [-0.2, 0) is 15.7 Å². The summed E-state index contributed by atoms with van der Waals surface area (Å²) in [6.45, 7) is 2.37. The van der Waals surface area contributed by atoms with Gasteiger partial charge in [0.05, 0.1) is 13.2 Å². The number of nitrogens with zero attached hydrogens (tertiary/aromatic N) is 2. The number of alkyl halides is 3. The van der Waals surface area contributed by atoms with Crippen LogP contribution < -0.4 is 0 Å². The summed E-state index contributed by atoms with van der Waals surface area (Å²) in [7, 11) is 0. The summed E-state index contributed by atoms with van der Waals surface area (Å²) in [6.07, 6.45) is -2.45. The van der Waals surface area contributed by atoms with Crippen LogP contribution in [0, 0.1) is 0 Å². The molecular formula is C13H15F3N2O3. The number of carbonyl (C=O) groups is 1. The molecule has 21 heavy (non-hydrogen) atoms. The number of esters is 1. The van der Waals surface area contributed by atoms with E-state index in [4.69, 9.17) is 4.74 Å². The molecule has 1 saturated heterocycles. The molecule has 1 aromatic heterocycles. The van der Waals surface area contributed by atoms with Gasteiger partial charge in [0.2, 0.25) is 0 Å². The molecule has 1 atom stereocenters. The van der Waals surface area contributed by atoms with E-state index in [2.05, 4.69) is 14.7 Å². The Labute approximate surface area is 119 Å². The summed E-state index contributed by atoms with van der Waals surface area (Å²) in [5.41, 5.74) is -1.92. The van der Waals surface area contributed by atoms with E-state index in [-0.39, 0.29) is 25.0 Å². The third kappa shape index (κ3) is 3.69. The molecule has 1 fully saturated rings. The van der Waals surface area contributed by atoms with Crippen LogP contribution in [0.2, 0.25) is 0 Å². The van der Waals surface area contributed by atoms with Crippen LogP contribution in [0.3, 0.4) is 0 Å². The third-order valence-electron chi connectivity index (χ3n) is 3.10. The second-order valence-electron chi connectivity index (χ2n) is 4.62. The van der Waals surface area contributed by atoms with Gasteiger partial charge in [-0.1, -0.05) is 0 Å². The van der Waals surface area contributed by atoms with Crippen molar-refractivity contribution in [3.8, 4) is 0 Å². The van der Waals surface area contributed by atoms with Crippen molar-refractivity contribution in [2.45, 2.75) is 31.9 Å². The van der Waals surface area contributed by atoms with Crippen molar-refractivity contribution in [3.63, 3.8) is 0 Å². The van der Waals surface area contributed by atoms with Gasteiger partial charge in [0.1, 0.15) is 11.4 Å². The molecule has 0 aromatic carbocycles. The van der Waals surface area contributed by atoms with Crippen LogP contribution in [0.15, 0.2) is 6.20 Å². The lowest BCUT2D eigenvalue weighted by atomic mass is 10.0. The van der Waals surface area contributed by atoms with Crippen LogP contribution in [0.4, 0.5) is 13.2 Å². The van der Waals surface area contributed by atoms with Gasteiger partial charge in [-0.3, -0.25) is 0 Å². The average Bonchev–Trinajstić information content (AvgIpc) is 2.47. The Morgan fingerprint density at radius 3 is 2.86 bits per heavy atom. The number of rotatable bonds is 3. The number of aromatic nitrogens is 2. The fourth-order valence-electron chi connectivity index (χ4n) is 2.11. The lowest BCUT2D eigenvalue weighted by molar-refractivity contribution is -0.142. The Balaban J connectivity index is 2.37. The standard InChI is InChI=1S/C13H15F3N2O3/c1-2-21-12(19)9-6-17-11(8-4-3-5-20-7-8)18-10(9)13(14,15)16/h6,8H,2-5,7H2,1H3. The van der Waals surface area contributed by atoms with Gasteiger partial charge >= 0.3 is 12.1 Å². The molecule has 0 N–H and O–H groups in total. The maximum atomic E-state index is 13.1. The highest BCUT2D eigenvalue weighted by atomic mass is 19.4. The number of halogens is 3. The smallest absolute Gasteiger partial charge is 0.434 e. The van der Waals surface area contributed by atoms with Crippen molar-refractivity contribution in [3.05, 3.63) is 23.3 Å². The second-order valence-corrected chi connectivity index (χ2v) is 4.62. The predicted octanol–water partition coefficient (Wildman–Crippen LogP) is 2.57. The molecule has 1 aromatic rings. The van der Waals surface area contributed by atoms with Crippen molar-refractivity contribution in [2.24, 2.45) is 0 Å². The second kappa shape index (κ2) is 6.38. The number of ether oxygens (including phenoxy) is 2. The highest BCUT2D eigenvalue weighted by molar-refractivity contribution is 5.90. The lowest BCUT2D eigenvalue weighted by Crippen LogP contribution is -2.23. The van der Waals surface area contributed by atoms with Crippen molar-refractivity contribution in [1.29, 1.82) is 0 Å². The van der Waals surface area contributed by atoms with Gasteiger partial charge < -0.3 is 9.47 Å². The lowest BCUT2D eigenvalue weighted by Gasteiger charge is -2.21. The maximum absolute atomic E-state index is 13.1. The van der Waals surface area contributed by atoms with E-state index in [1.165, 1.54) is 6.92 Å². The van der Waals surface area contributed by atoms with E-state index in [9.17, 15) is 18.0 Å². The Kier molecular flexibility index (Phi) is 4.76. The van der Waals surface area contributed by atoms with E-state index in [1.54, 1.807) is 0 Å². The zero-order valence-corrected chi connectivity index (χ0v) is 11.4. The molecule has 1 unspecified atom stereocenters. The molecule has 1 aliphatic rings. The number of hydrogen-bond acceptors (Lipinski definition) is 5. The Morgan fingerprint density at radius 2 is 2.29 bits per heavy atom. The maximum Gasteiger partial charge on any atom is 0.434 e. The molecule has 0 bridgehead atoms. The summed E-state index contributed by atoms with van der Waals surface area (Å²) < 4.78 is 49.0. The van der Waals surface area contributed by atoms with Gasteiger partial charge in [0, 0.05) is 18.7 Å². The molecule has 0 spiro atoms.